The molecule has 2 aliphatic heterocycles. The quantitative estimate of drug-likeness (QED) is 0.171. The first-order valence-corrected chi connectivity index (χ1v) is 17.3. The Kier molecular flexibility index (Phi) is 9.00. The van der Waals surface area contributed by atoms with Crippen molar-refractivity contribution in [1.82, 2.24) is 15.0 Å². The summed E-state index contributed by atoms with van der Waals surface area (Å²) >= 11 is 0. The number of pyridine rings is 1. The lowest BCUT2D eigenvalue weighted by atomic mass is 9.86. The molecule has 1 N–H and O–H groups in total. The highest BCUT2D eigenvalue weighted by Gasteiger charge is 2.43. The van der Waals surface area contributed by atoms with Crippen molar-refractivity contribution in [3.8, 4) is 11.8 Å². The molecule has 1 fully saturated rings. The van der Waals surface area contributed by atoms with E-state index in [9.17, 15) is 18.0 Å². The molecule has 53 heavy (non-hydrogen) atoms. The fourth-order valence-corrected chi connectivity index (χ4v) is 7.31. The van der Waals surface area contributed by atoms with Crippen LogP contribution in [0.15, 0.2) is 59.0 Å². The van der Waals surface area contributed by atoms with E-state index >= 15 is 0 Å². The Bertz CT molecular complexity index is 2180. The van der Waals surface area contributed by atoms with Crippen LogP contribution in [0.5, 0.6) is 11.8 Å². The molecule has 2 aliphatic rings. The number of halogens is 3. The summed E-state index contributed by atoms with van der Waals surface area (Å²) in [6.07, 6.45) is -4.09. The van der Waals surface area contributed by atoms with Gasteiger partial charge in [0.15, 0.2) is 11.4 Å². The molecular weight excluding hydrogens is 689 g/mol. The van der Waals surface area contributed by atoms with Crippen molar-refractivity contribution in [3.05, 3.63) is 94.1 Å². The second kappa shape index (κ2) is 13.2. The molecule has 0 bridgehead atoms. The third-order valence-corrected chi connectivity index (χ3v) is 9.88. The van der Waals surface area contributed by atoms with E-state index in [4.69, 9.17) is 18.6 Å². The van der Waals surface area contributed by atoms with Crippen LogP contribution >= 0.6 is 0 Å². The number of alkyl halides is 3. The summed E-state index contributed by atoms with van der Waals surface area (Å²) in [5.41, 5.74) is 3.60. The summed E-state index contributed by atoms with van der Waals surface area (Å²) in [4.78, 5) is 30.2. The summed E-state index contributed by atoms with van der Waals surface area (Å²) in [5.74, 6) is 0.603. The molecule has 0 aliphatic carbocycles. The van der Waals surface area contributed by atoms with Crippen molar-refractivity contribution in [2.45, 2.75) is 58.4 Å². The Morgan fingerprint density at radius 3 is 2.13 bits per heavy atom. The van der Waals surface area contributed by atoms with Crippen LogP contribution in [0.25, 0.3) is 10.9 Å². The van der Waals surface area contributed by atoms with E-state index in [1.54, 1.807) is 36.4 Å². The van der Waals surface area contributed by atoms with Gasteiger partial charge in [0.05, 0.1) is 30.9 Å². The number of fused-ring (bicyclic) bond motifs is 2. The normalized spacial score (nSPS) is 16.5. The van der Waals surface area contributed by atoms with Gasteiger partial charge in [0, 0.05) is 43.7 Å². The number of nitrogens with zero attached hydrogens (tertiary/aromatic N) is 5. The van der Waals surface area contributed by atoms with E-state index in [0.29, 0.717) is 49.4 Å². The number of hydrogen-bond acceptors (Lipinski definition) is 10. The minimum absolute atomic E-state index is 0.0749. The Morgan fingerprint density at radius 2 is 1.49 bits per heavy atom. The Labute approximate surface area is 305 Å². The molecule has 7 rings (SSSR count). The SMILES string of the molecule is COc1nc(N2CCN(c3cc(C(F)(F)F)nc4ccccc34)CC2)nc(OC)c1NC(=O)c1ccc(Cc2cc3c(cc2C)C(C)(C)OC3(C)C)o1. The van der Waals surface area contributed by atoms with E-state index in [1.165, 1.54) is 19.8 Å². The van der Waals surface area contributed by atoms with Gasteiger partial charge >= 0.3 is 6.18 Å². The maximum Gasteiger partial charge on any atom is 0.433 e. The van der Waals surface area contributed by atoms with Crippen LogP contribution in [-0.2, 0) is 28.5 Å². The highest BCUT2D eigenvalue weighted by molar-refractivity contribution is 6.03. The van der Waals surface area contributed by atoms with Crippen molar-refractivity contribution in [3.63, 3.8) is 0 Å². The van der Waals surface area contributed by atoms with E-state index in [1.807, 2.05) is 9.80 Å². The van der Waals surface area contributed by atoms with E-state index in [-0.39, 0.29) is 40.3 Å². The van der Waals surface area contributed by atoms with Crippen LogP contribution in [0.1, 0.15) is 72.0 Å². The fourth-order valence-electron chi connectivity index (χ4n) is 7.31. The van der Waals surface area contributed by atoms with E-state index in [2.05, 4.69) is 67.0 Å². The lowest BCUT2D eigenvalue weighted by molar-refractivity contribution is -0.140. The molecule has 0 radical (unpaired) electrons. The molecule has 1 amide bonds. The molecule has 0 saturated carbocycles. The number of aryl methyl sites for hydroxylation is 1. The predicted molar refractivity (Wildman–Crippen MR) is 194 cm³/mol. The number of carbonyl (C=O) groups excluding carboxylic acids is 1. The number of piperazine rings is 1. The average Bonchev–Trinajstić information content (AvgIpc) is 3.66. The molecule has 3 aromatic heterocycles. The predicted octanol–water partition coefficient (Wildman–Crippen LogP) is 7.63. The zero-order valence-electron chi connectivity index (χ0n) is 30.6. The van der Waals surface area contributed by atoms with Crippen LogP contribution in [0.3, 0.4) is 0 Å². The molecule has 278 valence electrons. The molecule has 11 nitrogen and oxygen atoms in total. The van der Waals surface area contributed by atoms with Gasteiger partial charge in [-0.15, -0.1) is 0 Å². The van der Waals surface area contributed by atoms with Gasteiger partial charge in [0.2, 0.25) is 17.7 Å². The molecule has 5 aromatic rings. The van der Waals surface area contributed by atoms with Gasteiger partial charge in [-0.3, -0.25) is 4.79 Å². The zero-order valence-corrected chi connectivity index (χ0v) is 30.6. The smallest absolute Gasteiger partial charge is 0.433 e. The van der Waals surface area contributed by atoms with Crippen LogP contribution in [0, 0.1) is 6.92 Å². The number of rotatable bonds is 8. The van der Waals surface area contributed by atoms with Crippen LogP contribution in [-0.4, -0.2) is 61.3 Å². The summed E-state index contributed by atoms with van der Waals surface area (Å²) in [5, 5.41) is 3.42. The molecule has 0 spiro atoms. The number of ether oxygens (including phenoxy) is 3. The van der Waals surface area contributed by atoms with Crippen molar-refractivity contribution in [2.24, 2.45) is 0 Å². The van der Waals surface area contributed by atoms with Crippen LogP contribution < -0.4 is 24.6 Å². The van der Waals surface area contributed by atoms with Gasteiger partial charge in [-0.25, -0.2) is 4.98 Å². The number of benzene rings is 2. The lowest BCUT2D eigenvalue weighted by Crippen LogP contribution is -2.47. The molecular formula is C39H41F3N6O5. The van der Waals surface area contributed by atoms with Crippen molar-refractivity contribution >= 4 is 34.1 Å². The number of furan rings is 1. The van der Waals surface area contributed by atoms with Crippen LogP contribution in [0.2, 0.25) is 0 Å². The second-order valence-electron chi connectivity index (χ2n) is 14.3. The summed E-state index contributed by atoms with van der Waals surface area (Å²) < 4.78 is 64.6. The molecule has 1 saturated heterocycles. The Morgan fingerprint density at radius 1 is 0.868 bits per heavy atom. The Balaban J connectivity index is 1.06. The minimum Gasteiger partial charge on any atom is -0.479 e. The van der Waals surface area contributed by atoms with Gasteiger partial charge in [-0.05, 0) is 81.1 Å². The van der Waals surface area contributed by atoms with Crippen molar-refractivity contribution < 1.29 is 36.6 Å². The van der Waals surface area contributed by atoms with Gasteiger partial charge in [-0.2, -0.15) is 23.1 Å². The minimum atomic E-state index is -4.58. The number of para-hydroxylation sites is 1. The summed E-state index contributed by atoms with van der Waals surface area (Å²) in [6.45, 7) is 11.9. The monoisotopic (exact) mass is 730 g/mol. The third-order valence-electron chi connectivity index (χ3n) is 9.88. The van der Waals surface area contributed by atoms with Crippen molar-refractivity contribution in [2.75, 3.05) is 55.5 Å². The third kappa shape index (κ3) is 6.83. The van der Waals surface area contributed by atoms with Gasteiger partial charge in [0.25, 0.3) is 5.91 Å². The first-order valence-electron chi connectivity index (χ1n) is 17.3. The number of anilines is 3. The largest absolute Gasteiger partial charge is 0.479 e. The molecule has 0 atom stereocenters. The zero-order chi connectivity index (χ0) is 37.9. The first kappa shape index (κ1) is 36.0. The number of nitrogens with one attached hydrogen (secondary N) is 1. The first-order chi connectivity index (χ1) is 25.1. The molecule has 2 aromatic carbocycles. The van der Waals surface area contributed by atoms with Gasteiger partial charge in [-0.1, -0.05) is 30.3 Å². The van der Waals surface area contributed by atoms with E-state index < -0.39 is 23.4 Å². The maximum absolute atomic E-state index is 13.7. The fraction of sp³-hybridized carbons (Fsp3) is 0.385. The average molecular weight is 731 g/mol. The number of amides is 1. The maximum atomic E-state index is 13.7. The Hall–Kier alpha value is -5.37. The number of carbonyl (C=O) groups is 1. The highest BCUT2D eigenvalue weighted by atomic mass is 19.4. The van der Waals surface area contributed by atoms with Crippen molar-refractivity contribution in [1.29, 1.82) is 0 Å². The molecule has 0 unspecified atom stereocenters. The van der Waals surface area contributed by atoms with E-state index in [0.717, 1.165) is 22.8 Å². The second-order valence-corrected chi connectivity index (χ2v) is 14.3. The van der Waals surface area contributed by atoms with Gasteiger partial charge < -0.3 is 33.7 Å². The number of methoxy groups -OCH3 is 2. The standard InChI is InChI=1S/C39H41F3N6O5/c1-22-18-26-27(38(4,5)53-37(26,2)3)20-23(22)19-24-12-13-30(52-24)33(49)44-32-34(50-6)45-36(46-35(32)51-7)48-16-14-47(15-17-48)29-21-31(39(40,41)42)43-28-11-9-8-10-25(28)29/h8-13,18,20-21H,14-17,19H2,1-7H3,(H,44,49). The van der Waals surface area contributed by atoms with Gasteiger partial charge in [0.1, 0.15) is 11.5 Å². The van der Waals surface area contributed by atoms with Crippen LogP contribution in [0.4, 0.5) is 30.5 Å². The summed E-state index contributed by atoms with van der Waals surface area (Å²) in [6, 6.07) is 15.6. The molecule has 5 heterocycles. The summed E-state index contributed by atoms with van der Waals surface area (Å²) in [7, 11) is 2.84. The highest BCUT2D eigenvalue weighted by Crippen LogP contribution is 2.47. The molecule has 14 heteroatoms. The lowest BCUT2D eigenvalue weighted by Gasteiger charge is -2.37. The number of aromatic nitrogens is 3. The topological polar surface area (TPSA) is 115 Å². The number of hydrogen-bond donors (Lipinski definition) is 1.